The van der Waals surface area contributed by atoms with E-state index in [1.54, 1.807) is 0 Å². The van der Waals surface area contributed by atoms with Crippen LogP contribution in [0.1, 0.15) is 0 Å². The number of aliphatic hydroxyl groups is 3. The first kappa shape index (κ1) is 18.2. The van der Waals surface area contributed by atoms with Crippen molar-refractivity contribution in [3.63, 3.8) is 0 Å². The van der Waals surface area contributed by atoms with E-state index in [1.807, 2.05) is 0 Å². The summed E-state index contributed by atoms with van der Waals surface area (Å²) in [6, 6.07) is 0. The van der Waals surface area contributed by atoms with E-state index in [0.717, 1.165) is 0 Å². The van der Waals surface area contributed by atoms with Gasteiger partial charge in [0.15, 0.2) is 0 Å². The van der Waals surface area contributed by atoms with Crippen LogP contribution in [0.2, 0.25) is 0 Å². The number of hydrogen-bond donors (Lipinski definition) is 4. The third kappa shape index (κ3) is 2.07. The smallest absolute Gasteiger partial charge is 0.353 e. The maximum atomic E-state index is 11.9. The second-order valence-electron chi connectivity index (χ2n) is 5.26. The zero-order chi connectivity index (χ0) is 18.1. The second-order valence-corrected chi connectivity index (χ2v) is 5.26. The third-order valence-electron chi connectivity index (χ3n) is 3.68. The number of aromatic nitrogens is 3. The third-order valence-corrected chi connectivity index (χ3v) is 3.68. The van der Waals surface area contributed by atoms with Crippen LogP contribution in [-0.4, -0.2) is 98.8 Å². The van der Waals surface area contributed by atoms with E-state index < -0.39 is 39.2 Å². The first-order chi connectivity index (χ1) is 10.1. The van der Waals surface area contributed by atoms with Gasteiger partial charge in [0.2, 0.25) is 5.95 Å². The highest BCUT2D eigenvalue weighted by Crippen LogP contribution is 2.51. The quantitative estimate of drug-likeness (QED) is 0.395. The Morgan fingerprint density at radius 1 is 1.22 bits per heavy atom. The minimum Gasteiger partial charge on any atom is -0.407 e. The molecule has 15 heteroatoms. The predicted molar refractivity (Wildman–Crippen MR) is 81.9 cm³/mol. The summed E-state index contributed by atoms with van der Waals surface area (Å²) in [6.07, 6.45) is 0.691. The number of nitrogens with zero attached hydrogens (tertiary/aromatic N) is 3. The summed E-state index contributed by atoms with van der Waals surface area (Å²) in [4.78, 5) is 18.6. The topological polar surface area (TPSA) is 144 Å². The molecule has 106 valence electrons. The normalized spacial score (nSPS) is 41.0. The van der Waals surface area contributed by atoms with Crippen LogP contribution in [0.25, 0.3) is 0 Å². The number of ether oxygens (including phenoxy) is 1. The number of rotatable bonds is 2. The standard InChI is InChI=1S/C8H6B6N4O5/c9-4(20)5(10,21)8(14,23-6(4,11)7(12,13)22)18-1-16-2(15)17-3(18)19/h1,20-22H,(H2,15,17,19). The van der Waals surface area contributed by atoms with Crippen molar-refractivity contribution in [2.24, 2.45) is 0 Å². The Balaban J connectivity index is 2.76. The number of anilines is 1. The SMILES string of the molecule is [B]C([B])(O)C1([B])OC([B])(n2cnc(N)nc2=O)C([B])(O)C1([B])O. The van der Waals surface area contributed by atoms with Gasteiger partial charge in [-0.3, -0.25) is 4.57 Å². The minimum absolute atomic E-state index is 0.335. The van der Waals surface area contributed by atoms with Crippen LogP contribution >= 0.6 is 0 Å². The summed E-state index contributed by atoms with van der Waals surface area (Å²) in [5.41, 5.74) is -8.28. The Labute approximate surface area is 138 Å². The van der Waals surface area contributed by atoms with Crippen molar-refractivity contribution >= 4 is 53.0 Å². The molecule has 4 unspecified atom stereocenters. The van der Waals surface area contributed by atoms with Gasteiger partial charge in [0.05, 0.1) is 16.5 Å². The fourth-order valence-electron chi connectivity index (χ4n) is 2.15. The zero-order valence-electron chi connectivity index (χ0n) is 11.6. The summed E-state index contributed by atoms with van der Waals surface area (Å²) in [5.74, 6) is -0.426. The van der Waals surface area contributed by atoms with E-state index in [-0.39, 0.29) is 0 Å². The van der Waals surface area contributed by atoms with Gasteiger partial charge in [-0.15, -0.1) is 0 Å². The maximum absolute atomic E-state index is 11.9. The Kier molecular flexibility index (Phi) is 3.70. The van der Waals surface area contributed by atoms with E-state index in [9.17, 15) is 20.1 Å². The zero-order valence-corrected chi connectivity index (χ0v) is 11.6. The molecule has 0 aliphatic carbocycles. The summed E-state index contributed by atoms with van der Waals surface area (Å²) in [5, 5.41) is 27.4. The molecule has 0 aromatic carbocycles. The molecule has 2 heterocycles. The molecule has 0 amide bonds. The Bertz CT molecular complexity index is 707. The highest BCUT2D eigenvalue weighted by Gasteiger charge is 2.73. The molecular formula is C8H6B6N4O5. The average molecular weight is 303 g/mol. The van der Waals surface area contributed by atoms with Crippen LogP contribution in [0, 0.1) is 0 Å². The molecule has 0 bridgehead atoms. The van der Waals surface area contributed by atoms with Crippen LogP contribution in [-0.2, 0) is 10.4 Å². The maximum Gasteiger partial charge on any atom is 0.353 e. The van der Waals surface area contributed by atoms with Crippen molar-refractivity contribution in [3.8, 4) is 0 Å². The molecule has 1 aliphatic heterocycles. The highest BCUT2D eigenvalue weighted by molar-refractivity contribution is 6.47. The van der Waals surface area contributed by atoms with Gasteiger partial charge in [-0.05, 0) is 0 Å². The van der Waals surface area contributed by atoms with Gasteiger partial charge in [0.1, 0.15) is 59.0 Å². The van der Waals surface area contributed by atoms with E-state index in [0.29, 0.717) is 10.9 Å². The molecule has 4 atom stereocenters. The van der Waals surface area contributed by atoms with Crippen molar-refractivity contribution in [3.05, 3.63) is 16.8 Å². The molecule has 0 saturated carbocycles. The number of nitrogens with two attached hydrogens (primary N) is 1. The van der Waals surface area contributed by atoms with Gasteiger partial charge >= 0.3 is 5.69 Å². The predicted octanol–water partition coefficient (Wildman–Crippen LogP) is -6.41. The lowest BCUT2D eigenvalue weighted by Gasteiger charge is -2.49. The van der Waals surface area contributed by atoms with Gasteiger partial charge in [-0.2, -0.15) is 4.98 Å². The summed E-state index contributed by atoms with van der Waals surface area (Å²) in [6.45, 7) is 0. The molecule has 1 saturated heterocycles. The summed E-state index contributed by atoms with van der Waals surface area (Å²) in [7, 11) is 32.8. The van der Waals surface area contributed by atoms with Gasteiger partial charge in [-0.25, -0.2) is 9.78 Å². The fourth-order valence-corrected chi connectivity index (χ4v) is 2.15. The van der Waals surface area contributed by atoms with Crippen molar-refractivity contribution in [2.75, 3.05) is 5.73 Å². The molecule has 0 spiro atoms. The molecule has 1 fully saturated rings. The van der Waals surface area contributed by atoms with Crippen LogP contribution in [0.15, 0.2) is 11.1 Å². The number of hydrogen-bond acceptors (Lipinski definition) is 8. The Morgan fingerprint density at radius 2 is 1.74 bits per heavy atom. The highest BCUT2D eigenvalue weighted by atomic mass is 16.6. The van der Waals surface area contributed by atoms with Crippen LogP contribution < -0.4 is 11.4 Å². The largest absolute Gasteiger partial charge is 0.407 e. The van der Waals surface area contributed by atoms with Gasteiger partial charge < -0.3 is 25.8 Å². The molecule has 5 N–H and O–H groups in total. The van der Waals surface area contributed by atoms with Crippen LogP contribution in [0.4, 0.5) is 5.95 Å². The molecule has 1 aromatic rings. The summed E-state index contributed by atoms with van der Waals surface area (Å²) >= 11 is 0. The monoisotopic (exact) mass is 304 g/mol. The fraction of sp³-hybridized carbons (Fsp3) is 0.625. The molecule has 2 rings (SSSR count). The summed E-state index contributed by atoms with van der Waals surface area (Å²) < 4.78 is 5.32. The van der Waals surface area contributed by atoms with E-state index >= 15 is 0 Å². The van der Waals surface area contributed by atoms with Crippen molar-refractivity contribution in [1.82, 2.24) is 14.5 Å². The molecule has 23 heavy (non-hydrogen) atoms. The van der Waals surface area contributed by atoms with Crippen LogP contribution in [0.5, 0.6) is 0 Å². The lowest BCUT2D eigenvalue weighted by Crippen LogP contribution is -2.74. The van der Waals surface area contributed by atoms with E-state index in [4.69, 9.17) is 57.5 Å². The van der Waals surface area contributed by atoms with Crippen molar-refractivity contribution in [2.45, 2.75) is 27.5 Å². The first-order valence-corrected chi connectivity index (χ1v) is 5.94. The van der Waals surface area contributed by atoms with E-state index in [1.165, 1.54) is 0 Å². The minimum atomic E-state index is -3.23. The molecule has 1 aliphatic rings. The Morgan fingerprint density at radius 3 is 2.13 bits per heavy atom. The lowest BCUT2D eigenvalue weighted by atomic mass is 9.37. The second kappa shape index (κ2) is 4.69. The molecule has 1 aromatic heterocycles. The first-order valence-electron chi connectivity index (χ1n) is 5.94. The molecule has 12 radical (unpaired) electrons. The van der Waals surface area contributed by atoms with Crippen molar-refractivity contribution < 1.29 is 20.1 Å². The molecular weight excluding hydrogens is 297 g/mol. The van der Waals surface area contributed by atoms with E-state index in [2.05, 4.69) is 9.97 Å². The number of nitrogen functional groups attached to an aromatic ring is 1. The molecule has 9 nitrogen and oxygen atoms in total. The average Bonchev–Trinajstić information content (AvgIpc) is 2.46. The van der Waals surface area contributed by atoms with Gasteiger partial charge in [-0.1, -0.05) is 0 Å². The van der Waals surface area contributed by atoms with Crippen LogP contribution in [0.3, 0.4) is 0 Å². The lowest BCUT2D eigenvalue weighted by molar-refractivity contribution is -0.134. The van der Waals surface area contributed by atoms with Gasteiger partial charge in [0, 0.05) is 5.40 Å². The van der Waals surface area contributed by atoms with Gasteiger partial charge in [0.25, 0.3) is 0 Å². The van der Waals surface area contributed by atoms with Crippen molar-refractivity contribution in [1.29, 1.82) is 0 Å². The Hall–Kier alpha value is -1.16.